The van der Waals surface area contributed by atoms with E-state index in [1.54, 1.807) is 6.07 Å². The van der Waals surface area contributed by atoms with Crippen LogP contribution in [0.1, 0.15) is 48.4 Å². The molecule has 1 nitrogen and oxygen atoms in total. The molecule has 0 radical (unpaired) electrons. The summed E-state index contributed by atoms with van der Waals surface area (Å²) in [4.78, 5) is 0. The molecule has 0 saturated carbocycles. The molecule has 29 heavy (non-hydrogen) atoms. The maximum atomic E-state index is 13.7. The molecule has 0 aliphatic rings. The summed E-state index contributed by atoms with van der Waals surface area (Å²) < 4.78 is 27.5. The van der Waals surface area contributed by atoms with Crippen molar-refractivity contribution in [3.63, 3.8) is 0 Å². The molecule has 0 atom stereocenters. The maximum absolute atomic E-state index is 13.7. The largest absolute Gasteiger partial charge is 0.205 e. The van der Waals surface area contributed by atoms with Crippen LogP contribution in [0.25, 0.3) is 11.1 Å². The molecule has 3 aromatic rings. The highest BCUT2D eigenvalue weighted by atomic mass is 19.1. The van der Waals surface area contributed by atoms with Gasteiger partial charge in [0.25, 0.3) is 0 Å². The van der Waals surface area contributed by atoms with Gasteiger partial charge in [0.05, 0.1) is 0 Å². The van der Waals surface area contributed by atoms with Crippen LogP contribution in [0.15, 0.2) is 60.7 Å². The van der Waals surface area contributed by atoms with E-state index in [-0.39, 0.29) is 0 Å². The van der Waals surface area contributed by atoms with Gasteiger partial charge in [-0.2, -0.15) is 5.26 Å². The van der Waals surface area contributed by atoms with E-state index in [0.29, 0.717) is 18.4 Å². The second kappa shape index (κ2) is 9.98. The highest BCUT2D eigenvalue weighted by molar-refractivity contribution is 5.64. The number of hydrogen-bond acceptors (Lipinski definition) is 1. The Bertz CT molecular complexity index is 960. The molecule has 0 amide bonds. The van der Waals surface area contributed by atoms with Crippen LogP contribution in [0.3, 0.4) is 0 Å². The molecule has 0 aromatic heterocycles. The van der Waals surface area contributed by atoms with Crippen molar-refractivity contribution in [1.82, 2.24) is 0 Å². The van der Waals surface area contributed by atoms with Crippen molar-refractivity contribution in [2.45, 2.75) is 45.4 Å². The van der Waals surface area contributed by atoms with Gasteiger partial charge in [-0.1, -0.05) is 68.3 Å². The predicted octanol–water partition coefficient (Wildman–Crippen LogP) is 7.02. The third kappa shape index (κ3) is 5.51. The van der Waals surface area contributed by atoms with Crippen LogP contribution in [0, 0.1) is 23.0 Å². The van der Waals surface area contributed by atoms with E-state index < -0.39 is 17.2 Å². The molecular weight excluding hydrogens is 364 g/mol. The van der Waals surface area contributed by atoms with Gasteiger partial charge in [-0.25, -0.2) is 8.78 Å². The van der Waals surface area contributed by atoms with Gasteiger partial charge in [0.2, 0.25) is 0 Å². The van der Waals surface area contributed by atoms with Crippen molar-refractivity contribution in [2.75, 3.05) is 0 Å². The summed E-state index contributed by atoms with van der Waals surface area (Å²) in [6.07, 6.45) is 6.07. The lowest BCUT2D eigenvalue weighted by atomic mass is 9.98. The molecule has 0 spiro atoms. The Morgan fingerprint density at radius 3 is 1.66 bits per heavy atom. The summed E-state index contributed by atoms with van der Waals surface area (Å²) in [6.45, 7) is 2.22. The Labute approximate surface area is 171 Å². The number of unbranched alkanes of at least 4 members (excludes halogenated alkanes) is 2. The van der Waals surface area contributed by atoms with E-state index in [4.69, 9.17) is 5.26 Å². The molecule has 3 rings (SSSR count). The molecule has 148 valence electrons. The second-order valence-corrected chi connectivity index (χ2v) is 7.40. The Morgan fingerprint density at radius 1 is 0.690 bits per heavy atom. The van der Waals surface area contributed by atoms with E-state index >= 15 is 0 Å². The normalized spacial score (nSPS) is 10.7. The highest BCUT2D eigenvalue weighted by Gasteiger charge is 2.10. The van der Waals surface area contributed by atoms with Crippen molar-refractivity contribution >= 4 is 0 Å². The first kappa shape index (κ1) is 20.7. The third-order valence-electron chi connectivity index (χ3n) is 5.23. The van der Waals surface area contributed by atoms with Gasteiger partial charge in [0.1, 0.15) is 23.3 Å². The SMILES string of the molecule is CCCCCc1ccc(-c2ccc(CCc3cc(F)c(C#N)c(F)c3)cc2)cc1. The van der Waals surface area contributed by atoms with Crippen LogP contribution in [-0.4, -0.2) is 0 Å². The molecule has 0 fully saturated rings. The molecule has 0 N–H and O–H groups in total. The molecule has 3 aromatic carbocycles. The number of nitrogens with zero attached hydrogens (tertiary/aromatic N) is 1. The zero-order chi connectivity index (χ0) is 20.6. The van der Waals surface area contributed by atoms with Crippen LogP contribution in [0.4, 0.5) is 8.78 Å². The van der Waals surface area contributed by atoms with E-state index in [1.807, 2.05) is 0 Å². The molecule has 0 unspecified atom stereocenters. The number of nitriles is 1. The van der Waals surface area contributed by atoms with Crippen molar-refractivity contribution in [3.8, 4) is 17.2 Å². The van der Waals surface area contributed by atoms with Gasteiger partial charge in [0, 0.05) is 0 Å². The zero-order valence-corrected chi connectivity index (χ0v) is 16.7. The number of hydrogen-bond donors (Lipinski definition) is 0. The van der Waals surface area contributed by atoms with Gasteiger partial charge < -0.3 is 0 Å². The van der Waals surface area contributed by atoms with Crippen LogP contribution in [-0.2, 0) is 19.3 Å². The molecule has 0 aliphatic carbocycles. The maximum Gasteiger partial charge on any atom is 0.144 e. The van der Waals surface area contributed by atoms with Crippen LogP contribution >= 0.6 is 0 Å². The minimum atomic E-state index is -0.795. The van der Waals surface area contributed by atoms with Crippen LogP contribution < -0.4 is 0 Å². The Hall–Kier alpha value is -2.99. The predicted molar refractivity (Wildman–Crippen MR) is 114 cm³/mol. The quantitative estimate of drug-likeness (QED) is 0.380. The smallest absolute Gasteiger partial charge is 0.144 e. The molecule has 0 aliphatic heterocycles. The molecule has 0 heterocycles. The number of rotatable bonds is 8. The lowest BCUT2D eigenvalue weighted by Gasteiger charge is -2.07. The minimum absolute atomic E-state index is 0.519. The van der Waals surface area contributed by atoms with Crippen LogP contribution in [0.5, 0.6) is 0 Å². The molecular formula is C26H25F2N. The van der Waals surface area contributed by atoms with E-state index in [0.717, 1.165) is 17.5 Å². The lowest BCUT2D eigenvalue weighted by Crippen LogP contribution is -1.97. The topological polar surface area (TPSA) is 23.8 Å². The minimum Gasteiger partial charge on any atom is -0.205 e. The third-order valence-corrected chi connectivity index (χ3v) is 5.23. The monoisotopic (exact) mass is 389 g/mol. The molecule has 0 bridgehead atoms. The molecule has 3 heteroatoms. The number of benzene rings is 3. The van der Waals surface area contributed by atoms with Gasteiger partial charge in [-0.05, 0) is 65.6 Å². The fraction of sp³-hybridized carbons (Fsp3) is 0.269. The lowest BCUT2D eigenvalue weighted by molar-refractivity contribution is 0.573. The standard InChI is InChI=1S/C26H25F2N/c1-2-3-4-5-19-8-12-22(13-9-19)23-14-10-20(11-15-23)6-7-21-16-25(27)24(18-29)26(28)17-21/h8-17H,2-7H2,1H3. The first-order valence-corrected chi connectivity index (χ1v) is 10.2. The van der Waals surface area contributed by atoms with Crippen molar-refractivity contribution in [3.05, 3.63) is 94.6 Å². The summed E-state index contributed by atoms with van der Waals surface area (Å²) in [5.74, 6) is -1.59. The second-order valence-electron chi connectivity index (χ2n) is 7.40. The Morgan fingerprint density at radius 2 is 1.17 bits per heavy atom. The summed E-state index contributed by atoms with van der Waals surface area (Å²) in [5, 5.41) is 8.75. The summed E-state index contributed by atoms with van der Waals surface area (Å²) in [5.41, 5.74) is 4.86. The summed E-state index contributed by atoms with van der Waals surface area (Å²) in [7, 11) is 0. The number of halogens is 2. The van der Waals surface area contributed by atoms with Crippen molar-refractivity contribution in [1.29, 1.82) is 5.26 Å². The average molecular weight is 389 g/mol. The van der Waals surface area contributed by atoms with Crippen molar-refractivity contribution in [2.24, 2.45) is 0 Å². The first-order chi connectivity index (χ1) is 14.1. The van der Waals surface area contributed by atoms with Gasteiger partial charge in [-0.15, -0.1) is 0 Å². The fourth-order valence-corrected chi connectivity index (χ4v) is 3.47. The van der Waals surface area contributed by atoms with Gasteiger partial charge in [-0.3, -0.25) is 0 Å². The van der Waals surface area contributed by atoms with E-state index in [2.05, 4.69) is 55.5 Å². The van der Waals surface area contributed by atoms with Gasteiger partial charge >= 0.3 is 0 Å². The van der Waals surface area contributed by atoms with Crippen molar-refractivity contribution < 1.29 is 8.78 Å². The summed E-state index contributed by atoms with van der Waals surface area (Å²) in [6, 6.07) is 21.1. The zero-order valence-electron chi connectivity index (χ0n) is 16.7. The Balaban J connectivity index is 1.61. The summed E-state index contributed by atoms with van der Waals surface area (Å²) >= 11 is 0. The number of aryl methyl sites for hydroxylation is 3. The first-order valence-electron chi connectivity index (χ1n) is 10.2. The van der Waals surface area contributed by atoms with Gasteiger partial charge in [0.15, 0.2) is 0 Å². The van der Waals surface area contributed by atoms with Crippen LogP contribution in [0.2, 0.25) is 0 Å². The molecule has 0 saturated heterocycles. The van der Waals surface area contributed by atoms with E-state index in [1.165, 1.54) is 42.5 Å². The van der Waals surface area contributed by atoms with E-state index in [9.17, 15) is 8.78 Å². The fourth-order valence-electron chi connectivity index (χ4n) is 3.47. The Kier molecular flexibility index (Phi) is 7.14. The average Bonchev–Trinajstić information content (AvgIpc) is 2.73. The highest BCUT2D eigenvalue weighted by Crippen LogP contribution is 2.22.